The summed E-state index contributed by atoms with van der Waals surface area (Å²) in [6, 6.07) is 5.01. The Morgan fingerprint density at radius 1 is 1.21 bits per heavy atom. The van der Waals surface area contributed by atoms with Crippen molar-refractivity contribution in [2.24, 2.45) is 10.8 Å². The van der Waals surface area contributed by atoms with E-state index in [0.717, 1.165) is 44.5 Å². The molecule has 2 saturated heterocycles. The van der Waals surface area contributed by atoms with Crippen molar-refractivity contribution in [1.29, 1.82) is 0 Å². The molecule has 1 aliphatic carbocycles. The van der Waals surface area contributed by atoms with Crippen molar-refractivity contribution >= 4 is 5.91 Å². The molecular formula is C21H27F3N2O2. The van der Waals surface area contributed by atoms with Gasteiger partial charge in [0.2, 0.25) is 5.91 Å². The molecule has 28 heavy (non-hydrogen) atoms. The number of carbonyl (C=O) groups excluding carboxylic acids is 1. The topological polar surface area (TPSA) is 41.6 Å². The zero-order valence-electron chi connectivity index (χ0n) is 16.1. The molecule has 0 radical (unpaired) electrons. The Balaban J connectivity index is 1.32. The molecule has 7 heteroatoms. The summed E-state index contributed by atoms with van der Waals surface area (Å²) in [7, 11) is 0. The molecule has 1 unspecified atom stereocenters. The lowest BCUT2D eigenvalue weighted by Gasteiger charge is -2.36. The molecular weight excluding hydrogens is 369 g/mol. The van der Waals surface area contributed by atoms with Gasteiger partial charge >= 0.3 is 6.18 Å². The van der Waals surface area contributed by atoms with E-state index >= 15 is 0 Å². The molecule has 1 saturated carbocycles. The number of piperidine rings is 2. The lowest BCUT2D eigenvalue weighted by atomic mass is 9.84. The van der Waals surface area contributed by atoms with E-state index in [1.165, 1.54) is 6.07 Å². The van der Waals surface area contributed by atoms with Gasteiger partial charge in [-0.3, -0.25) is 4.79 Å². The van der Waals surface area contributed by atoms with E-state index in [2.05, 4.69) is 12.2 Å². The van der Waals surface area contributed by atoms with Gasteiger partial charge < -0.3 is 15.0 Å². The first-order chi connectivity index (χ1) is 13.2. The first-order valence-corrected chi connectivity index (χ1v) is 10.1. The Labute approximate surface area is 163 Å². The van der Waals surface area contributed by atoms with Crippen LogP contribution in [0.5, 0.6) is 5.75 Å². The third-order valence-corrected chi connectivity index (χ3v) is 6.96. The summed E-state index contributed by atoms with van der Waals surface area (Å²) in [5.41, 5.74) is -0.781. The van der Waals surface area contributed by atoms with Crippen LogP contribution in [0.25, 0.3) is 0 Å². The van der Waals surface area contributed by atoms with Gasteiger partial charge in [0.25, 0.3) is 0 Å². The van der Waals surface area contributed by atoms with Gasteiger partial charge in [0.15, 0.2) is 0 Å². The average molecular weight is 396 g/mol. The van der Waals surface area contributed by atoms with E-state index in [-0.39, 0.29) is 28.6 Å². The Hall–Kier alpha value is -1.76. The van der Waals surface area contributed by atoms with Gasteiger partial charge in [0, 0.05) is 25.9 Å². The normalized spacial score (nSPS) is 27.6. The third-order valence-electron chi connectivity index (χ3n) is 6.96. The maximum absolute atomic E-state index is 13.1. The van der Waals surface area contributed by atoms with Crippen molar-refractivity contribution in [3.05, 3.63) is 29.8 Å². The fourth-order valence-electron chi connectivity index (χ4n) is 5.03. The van der Waals surface area contributed by atoms with Crippen LogP contribution in [0.2, 0.25) is 0 Å². The Morgan fingerprint density at radius 2 is 1.89 bits per heavy atom. The largest absolute Gasteiger partial charge is 0.490 e. The molecule has 0 aromatic heterocycles. The highest BCUT2D eigenvalue weighted by atomic mass is 19.4. The Bertz CT molecular complexity index is 737. The monoisotopic (exact) mass is 396 g/mol. The molecule has 2 aliphatic heterocycles. The minimum absolute atomic E-state index is 0.160. The number of carbonyl (C=O) groups is 1. The molecule has 1 N–H and O–H groups in total. The number of hydrogen-bond acceptors (Lipinski definition) is 3. The first kappa shape index (κ1) is 19.6. The van der Waals surface area contributed by atoms with Gasteiger partial charge in [-0.1, -0.05) is 13.0 Å². The van der Waals surface area contributed by atoms with Crippen molar-refractivity contribution in [2.45, 2.75) is 51.3 Å². The van der Waals surface area contributed by atoms with Gasteiger partial charge in [-0.25, -0.2) is 0 Å². The second-order valence-electron chi connectivity index (χ2n) is 8.67. The van der Waals surface area contributed by atoms with Gasteiger partial charge in [0.1, 0.15) is 11.9 Å². The molecule has 0 bridgehead atoms. The number of rotatable bonds is 3. The predicted octanol–water partition coefficient (Wildman–Crippen LogP) is 3.86. The van der Waals surface area contributed by atoms with Crippen LogP contribution in [-0.4, -0.2) is 43.1 Å². The molecule has 1 spiro atoms. The van der Waals surface area contributed by atoms with E-state index in [1.54, 1.807) is 6.07 Å². The number of halogens is 3. The average Bonchev–Trinajstić information content (AvgIpc) is 3.25. The molecule has 1 amide bonds. The van der Waals surface area contributed by atoms with Crippen molar-refractivity contribution in [3.8, 4) is 5.75 Å². The summed E-state index contributed by atoms with van der Waals surface area (Å²) in [5, 5.41) is 3.37. The molecule has 1 atom stereocenters. The van der Waals surface area contributed by atoms with E-state index in [4.69, 9.17) is 4.74 Å². The SMILES string of the molecule is CC1(C(=O)N2CCC(Oc3cccc(C(F)(F)F)c3)CC2)CC12CCNCC2. The lowest BCUT2D eigenvalue weighted by molar-refractivity contribution is -0.140. The standard InChI is InChI=1S/C21H27F3N2O2/c1-19(14-20(19)7-9-25-10-8-20)18(27)26-11-5-16(6-12-26)28-17-4-2-3-15(13-17)21(22,23)24/h2-4,13,16,25H,5-12,14H2,1H3. The summed E-state index contributed by atoms with van der Waals surface area (Å²) < 4.78 is 44.3. The van der Waals surface area contributed by atoms with Crippen molar-refractivity contribution < 1.29 is 22.7 Å². The number of amides is 1. The van der Waals surface area contributed by atoms with Crippen molar-refractivity contribution in [1.82, 2.24) is 10.2 Å². The number of benzene rings is 1. The highest BCUT2D eigenvalue weighted by molar-refractivity contribution is 5.87. The fourth-order valence-corrected chi connectivity index (χ4v) is 5.03. The van der Waals surface area contributed by atoms with Crippen LogP contribution in [0.3, 0.4) is 0 Å². The van der Waals surface area contributed by atoms with Crippen LogP contribution in [-0.2, 0) is 11.0 Å². The van der Waals surface area contributed by atoms with E-state index in [9.17, 15) is 18.0 Å². The summed E-state index contributed by atoms with van der Waals surface area (Å²) in [6.07, 6.45) is -0.151. The number of likely N-dealkylation sites (tertiary alicyclic amines) is 1. The smallest absolute Gasteiger partial charge is 0.416 e. The van der Waals surface area contributed by atoms with Crippen LogP contribution in [0.4, 0.5) is 13.2 Å². The second kappa shape index (κ2) is 6.94. The third kappa shape index (κ3) is 3.49. The van der Waals surface area contributed by atoms with Crippen LogP contribution >= 0.6 is 0 Å². The van der Waals surface area contributed by atoms with Crippen LogP contribution in [0, 0.1) is 10.8 Å². The first-order valence-electron chi connectivity index (χ1n) is 10.1. The highest BCUT2D eigenvalue weighted by Crippen LogP contribution is 2.69. The van der Waals surface area contributed by atoms with Gasteiger partial charge in [-0.05, 0) is 56.0 Å². The van der Waals surface area contributed by atoms with Gasteiger partial charge in [0.05, 0.1) is 11.0 Å². The van der Waals surface area contributed by atoms with E-state index < -0.39 is 11.7 Å². The molecule has 1 aromatic carbocycles. The minimum atomic E-state index is -4.38. The van der Waals surface area contributed by atoms with Crippen molar-refractivity contribution in [3.63, 3.8) is 0 Å². The zero-order chi connectivity index (χ0) is 20.0. The predicted molar refractivity (Wildman–Crippen MR) is 98.9 cm³/mol. The van der Waals surface area contributed by atoms with Crippen LogP contribution in [0.15, 0.2) is 24.3 Å². The van der Waals surface area contributed by atoms with E-state index in [1.807, 2.05) is 4.90 Å². The van der Waals surface area contributed by atoms with E-state index in [0.29, 0.717) is 25.9 Å². The molecule has 4 nitrogen and oxygen atoms in total. The van der Waals surface area contributed by atoms with Gasteiger partial charge in [-0.15, -0.1) is 0 Å². The minimum Gasteiger partial charge on any atom is -0.490 e. The van der Waals surface area contributed by atoms with Crippen LogP contribution < -0.4 is 10.1 Å². The number of nitrogens with zero attached hydrogens (tertiary/aromatic N) is 1. The fraction of sp³-hybridized carbons (Fsp3) is 0.667. The Kier molecular flexibility index (Phi) is 4.84. The van der Waals surface area contributed by atoms with Crippen LogP contribution in [0.1, 0.15) is 44.6 Å². The maximum Gasteiger partial charge on any atom is 0.416 e. The molecule has 154 valence electrons. The van der Waals surface area contributed by atoms with Crippen molar-refractivity contribution in [2.75, 3.05) is 26.2 Å². The summed E-state index contributed by atoms with van der Waals surface area (Å²) in [6.45, 7) is 5.27. The number of ether oxygens (including phenoxy) is 1. The molecule has 1 aromatic rings. The quantitative estimate of drug-likeness (QED) is 0.844. The molecule has 4 rings (SSSR count). The summed E-state index contributed by atoms with van der Waals surface area (Å²) in [5.74, 6) is 0.481. The Morgan fingerprint density at radius 3 is 2.54 bits per heavy atom. The summed E-state index contributed by atoms with van der Waals surface area (Å²) in [4.78, 5) is 15.0. The second-order valence-corrected chi connectivity index (χ2v) is 8.67. The zero-order valence-corrected chi connectivity index (χ0v) is 16.1. The number of hydrogen-bond donors (Lipinski definition) is 1. The molecule has 3 aliphatic rings. The number of alkyl halides is 3. The molecule has 3 fully saturated rings. The summed E-state index contributed by atoms with van der Waals surface area (Å²) >= 11 is 0. The maximum atomic E-state index is 13.1. The lowest BCUT2D eigenvalue weighted by Crippen LogP contribution is -2.46. The highest BCUT2D eigenvalue weighted by Gasteiger charge is 2.68. The number of nitrogens with one attached hydrogen (secondary N) is 1. The van der Waals surface area contributed by atoms with Gasteiger partial charge in [-0.2, -0.15) is 13.2 Å². The molecule has 2 heterocycles.